The van der Waals surface area contributed by atoms with E-state index in [1.807, 2.05) is 26.0 Å². The van der Waals surface area contributed by atoms with E-state index in [9.17, 15) is 9.59 Å². The van der Waals surface area contributed by atoms with E-state index < -0.39 is 0 Å². The van der Waals surface area contributed by atoms with Crippen molar-refractivity contribution >= 4 is 28.9 Å². The minimum Gasteiger partial charge on any atom is -0.493 e. The number of carbonyl (C=O) groups is 2. The molecule has 1 aliphatic rings. The lowest BCUT2D eigenvalue weighted by Gasteiger charge is -2.13. The van der Waals surface area contributed by atoms with Crippen LogP contribution in [0.15, 0.2) is 24.3 Å². The fourth-order valence-corrected chi connectivity index (χ4v) is 3.09. The topological polar surface area (TPSA) is 64.6 Å². The van der Waals surface area contributed by atoms with Crippen LogP contribution in [0.25, 0.3) is 6.08 Å². The minimum atomic E-state index is -0.367. The molecule has 124 valence electrons. The quantitative estimate of drug-likeness (QED) is 0.810. The molecule has 0 aromatic heterocycles. The van der Waals surface area contributed by atoms with Crippen LogP contribution in [0.4, 0.5) is 0 Å². The van der Waals surface area contributed by atoms with Gasteiger partial charge in [-0.05, 0) is 44.0 Å². The Bertz CT molecular complexity index is 613. The summed E-state index contributed by atoms with van der Waals surface area (Å²) in [6.07, 6.45) is 3.85. The highest BCUT2D eigenvalue weighted by molar-refractivity contribution is 8.14. The predicted octanol–water partition coefficient (Wildman–Crippen LogP) is 2.64. The number of benzene rings is 1. The van der Waals surface area contributed by atoms with Crippen molar-refractivity contribution in [2.75, 3.05) is 12.9 Å². The minimum absolute atomic E-state index is 0.0311. The van der Waals surface area contributed by atoms with Crippen LogP contribution in [0.2, 0.25) is 0 Å². The first-order chi connectivity index (χ1) is 11.0. The third-order valence-electron chi connectivity index (χ3n) is 3.23. The van der Waals surface area contributed by atoms with Crippen LogP contribution in [-0.2, 0) is 9.59 Å². The molecule has 1 aliphatic heterocycles. The molecule has 1 aromatic rings. The van der Waals surface area contributed by atoms with Gasteiger partial charge in [0.2, 0.25) is 11.0 Å². The van der Waals surface area contributed by atoms with Crippen LogP contribution < -0.4 is 14.8 Å². The van der Waals surface area contributed by atoms with E-state index in [1.54, 1.807) is 19.3 Å². The summed E-state index contributed by atoms with van der Waals surface area (Å²) in [6.45, 7) is 3.89. The second-order valence-electron chi connectivity index (χ2n) is 5.43. The van der Waals surface area contributed by atoms with Crippen molar-refractivity contribution in [1.82, 2.24) is 5.32 Å². The summed E-state index contributed by atoms with van der Waals surface area (Å²) in [7, 11) is 1.58. The first-order valence-electron chi connectivity index (χ1n) is 7.49. The van der Waals surface area contributed by atoms with Gasteiger partial charge in [0.25, 0.3) is 0 Å². The number of nitrogens with one attached hydrogen (secondary N) is 1. The smallest absolute Gasteiger partial charge is 0.244 e. The third-order valence-corrected chi connectivity index (χ3v) is 4.24. The zero-order valence-electron chi connectivity index (χ0n) is 13.5. The molecule has 0 bridgehead atoms. The zero-order chi connectivity index (χ0) is 16.8. The summed E-state index contributed by atoms with van der Waals surface area (Å²) in [5.74, 6) is 1.77. The van der Waals surface area contributed by atoms with E-state index in [1.165, 1.54) is 17.8 Å². The fraction of sp³-hybridized carbons (Fsp3) is 0.412. The van der Waals surface area contributed by atoms with E-state index >= 15 is 0 Å². The number of methoxy groups -OCH3 is 1. The molecule has 1 heterocycles. The molecule has 6 heteroatoms. The van der Waals surface area contributed by atoms with Gasteiger partial charge in [-0.3, -0.25) is 9.59 Å². The van der Waals surface area contributed by atoms with Gasteiger partial charge in [0, 0.05) is 11.8 Å². The number of hydrogen-bond donors (Lipinski definition) is 1. The highest BCUT2D eigenvalue weighted by Crippen LogP contribution is 2.29. The average molecular weight is 335 g/mol. The molecule has 1 fully saturated rings. The summed E-state index contributed by atoms with van der Waals surface area (Å²) in [5.41, 5.74) is 0.820. The zero-order valence-corrected chi connectivity index (χ0v) is 14.3. The summed E-state index contributed by atoms with van der Waals surface area (Å²) in [4.78, 5) is 23.4. The van der Waals surface area contributed by atoms with E-state index in [0.29, 0.717) is 17.9 Å². The van der Waals surface area contributed by atoms with Crippen molar-refractivity contribution in [3.8, 4) is 11.5 Å². The van der Waals surface area contributed by atoms with Crippen molar-refractivity contribution < 1.29 is 19.1 Å². The van der Waals surface area contributed by atoms with Gasteiger partial charge in [-0.2, -0.15) is 0 Å². The van der Waals surface area contributed by atoms with Crippen molar-refractivity contribution in [2.24, 2.45) is 0 Å². The summed E-state index contributed by atoms with van der Waals surface area (Å²) in [5, 5.41) is 2.74. The molecule has 5 nitrogen and oxygen atoms in total. The highest BCUT2D eigenvalue weighted by Gasteiger charge is 2.25. The highest BCUT2D eigenvalue weighted by atomic mass is 32.2. The number of amides is 1. The van der Waals surface area contributed by atoms with Gasteiger partial charge in [0.1, 0.15) is 0 Å². The van der Waals surface area contributed by atoms with E-state index in [2.05, 4.69) is 5.32 Å². The molecule has 1 unspecified atom stereocenters. The number of carbonyl (C=O) groups excluding carboxylic acids is 2. The molecular formula is C17H21NO4S. The van der Waals surface area contributed by atoms with Gasteiger partial charge >= 0.3 is 0 Å². The molecule has 1 saturated heterocycles. The Balaban J connectivity index is 2.01. The molecule has 1 amide bonds. The number of ether oxygens (including phenoxy) is 2. The fourth-order valence-electron chi connectivity index (χ4n) is 2.16. The van der Waals surface area contributed by atoms with E-state index in [4.69, 9.17) is 9.47 Å². The second kappa shape index (κ2) is 8.06. The Morgan fingerprint density at radius 1 is 1.39 bits per heavy atom. The SMILES string of the molecule is COc1cc(/C=C/C(=O)NC2CCSC2=O)ccc1OC(C)C. The molecular weight excluding hydrogens is 314 g/mol. The first kappa shape index (κ1) is 17.4. The normalized spacial score (nSPS) is 17.7. The Kier molecular flexibility index (Phi) is 6.10. The molecule has 1 aromatic carbocycles. The van der Waals surface area contributed by atoms with Crippen LogP contribution >= 0.6 is 11.8 Å². The maximum Gasteiger partial charge on any atom is 0.244 e. The number of rotatable bonds is 6. The second-order valence-corrected chi connectivity index (χ2v) is 6.53. The van der Waals surface area contributed by atoms with Crippen LogP contribution in [0.3, 0.4) is 0 Å². The summed E-state index contributed by atoms with van der Waals surface area (Å²) < 4.78 is 11.0. The molecule has 1 N–H and O–H groups in total. The standard InChI is InChI=1S/C17H21NO4S/c1-11(2)22-14-6-4-12(10-15(14)21-3)5-7-16(19)18-13-8-9-23-17(13)20/h4-7,10-11,13H,8-9H2,1-3H3,(H,18,19)/b7-5+. The first-order valence-corrected chi connectivity index (χ1v) is 8.48. The van der Waals surface area contributed by atoms with Crippen molar-refractivity contribution in [1.29, 1.82) is 0 Å². The van der Waals surface area contributed by atoms with Gasteiger partial charge in [0.05, 0.1) is 19.3 Å². The summed E-state index contributed by atoms with van der Waals surface area (Å²) >= 11 is 1.26. The van der Waals surface area contributed by atoms with Crippen molar-refractivity contribution in [3.63, 3.8) is 0 Å². The monoisotopic (exact) mass is 335 g/mol. The maximum absolute atomic E-state index is 11.9. The van der Waals surface area contributed by atoms with Gasteiger partial charge in [-0.1, -0.05) is 17.8 Å². The van der Waals surface area contributed by atoms with Crippen LogP contribution in [0, 0.1) is 0 Å². The van der Waals surface area contributed by atoms with Gasteiger partial charge in [-0.25, -0.2) is 0 Å². The third kappa shape index (κ3) is 5.03. The summed E-state index contributed by atoms with van der Waals surface area (Å²) in [6, 6.07) is 5.10. The van der Waals surface area contributed by atoms with Gasteiger partial charge in [0.15, 0.2) is 11.5 Å². The lowest BCUT2D eigenvalue weighted by atomic mass is 10.1. The largest absolute Gasteiger partial charge is 0.493 e. The molecule has 0 spiro atoms. The Morgan fingerprint density at radius 2 is 2.17 bits per heavy atom. The lowest BCUT2D eigenvalue weighted by Crippen LogP contribution is -2.35. The van der Waals surface area contributed by atoms with E-state index in [-0.39, 0.29) is 23.2 Å². The van der Waals surface area contributed by atoms with Crippen LogP contribution in [0.5, 0.6) is 11.5 Å². The number of hydrogen-bond acceptors (Lipinski definition) is 5. The van der Waals surface area contributed by atoms with Crippen molar-refractivity contribution in [2.45, 2.75) is 32.4 Å². The molecule has 23 heavy (non-hydrogen) atoms. The molecule has 0 aliphatic carbocycles. The molecule has 0 radical (unpaired) electrons. The van der Waals surface area contributed by atoms with Crippen LogP contribution in [0.1, 0.15) is 25.8 Å². The maximum atomic E-state index is 11.9. The Labute approximate surface area is 140 Å². The van der Waals surface area contributed by atoms with Gasteiger partial charge in [-0.15, -0.1) is 0 Å². The molecule has 0 saturated carbocycles. The predicted molar refractivity (Wildman–Crippen MR) is 91.8 cm³/mol. The Morgan fingerprint density at radius 3 is 2.78 bits per heavy atom. The van der Waals surface area contributed by atoms with E-state index in [0.717, 1.165) is 11.3 Å². The molecule has 1 atom stereocenters. The van der Waals surface area contributed by atoms with Crippen molar-refractivity contribution in [3.05, 3.63) is 29.8 Å². The Hall–Kier alpha value is -1.95. The average Bonchev–Trinajstić information content (AvgIpc) is 2.91. The lowest BCUT2D eigenvalue weighted by molar-refractivity contribution is -0.120. The van der Waals surface area contributed by atoms with Crippen LogP contribution in [-0.4, -0.2) is 36.0 Å². The number of thioether (sulfide) groups is 1. The van der Waals surface area contributed by atoms with Gasteiger partial charge < -0.3 is 14.8 Å². The molecule has 2 rings (SSSR count).